The third kappa shape index (κ3) is 4.75. The molecule has 0 amide bonds. The van der Waals surface area contributed by atoms with Gasteiger partial charge in [0.05, 0.1) is 6.20 Å². The molecule has 0 bridgehead atoms. The number of aromatic hydroxyl groups is 1. The van der Waals surface area contributed by atoms with Crippen LogP contribution in [-0.4, -0.2) is 55.7 Å². The summed E-state index contributed by atoms with van der Waals surface area (Å²) in [5.74, 6) is -0.295. The van der Waals surface area contributed by atoms with Crippen LogP contribution < -0.4 is 5.56 Å². The van der Waals surface area contributed by atoms with Crippen molar-refractivity contribution in [2.24, 2.45) is 0 Å². The number of nitrogens with zero attached hydrogens (tertiary/aromatic N) is 3. The van der Waals surface area contributed by atoms with Crippen LogP contribution in [0.3, 0.4) is 0 Å². The monoisotopic (exact) mass is 429 g/mol. The van der Waals surface area contributed by atoms with Crippen LogP contribution >= 0.6 is 0 Å². The fraction of sp³-hybridized carbons (Fsp3) is 0.522. The summed E-state index contributed by atoms with van der Waals surface area (Å²) in [6.45, 7) is 6.89. The van der Waals surface area contributed by atoms with E-state index in [1.165, 1.54) is 38.5 Å². The third-order valence-electron chi connectivity index (χ3n) is 6.38. The molecule has 2 aliphatic heterocycles. The normalized spacial score (nSPS) is 20.3. The fourth-order valence-corrected chi connectivity index (χ4v) is 5.54. The molecule has 0 spiro atoms. The highest BCUT2D eigenvalue weighted by Gasteiger charge is 2.27. The quantitative estimate of drug-likeness (QED) is 0.740. The van der Waals surface area contributed by atoms with Crippen LogP contribution in [-0.2, 0) is 17.9 Å². The maximum absolute atomic E-state index is 12.8. The lowest BCUT2D eigenvalue weighted by atomic mass is 9.99. The lowest BCUT2D eigenvalue weighted by Crippen LogP contribution is -2.46. The smallest absolute Gasteiger partial charge is 0.335 e. The molecule has 1 N–H and O–H groups in total. The van der Waals surface area contributed by atoms with Crippen molar-refractivity contribution < 1.29 is 9.66 Å². The van der Waals surface area contributed by atoms with E-state index in [-0.39, 0.29) is 5.75 Å². The Morgan fingerprint density at radius 1 is 1.03 bits per heavy atom. The zero-order valence-corrected chi connectivity index (χ0v) is 18.4. The van der Waals surface area contributed by atoms with Gasteiger partial charge in [-0.2, -0.15) is 0 Å². The Balaban J connectivity index is 1.40. The number of piperidine rings is 2. The van der Waals surface area contributed by atoms with Crippen molar-refractivity contribution in [3.05, 3.63) is 58.0 Å². The maximum Gasteiger partial charge on any atom is 0.335 e. The summed E-state index contributed by atoms with van der Waals surface area (Å²) in [4.78, 5) is 18.1. The van der Waals surface area contributed by atoms with E-state index in [4.69, 9.17) is 0 Å². The van der Waals surface area contributed by atoms with Gasteiger partial charge in [0, 0.05) is 18.2 Å². The molecule has 2 saturated heterocycles. The summed E-state index contributed by atoms with van der Waals surface area (Å²) in [5, 5.41) is 10.5. The van der Waals surface area contributed by atoms with Crippen LogP contribution in [0.25, 0.3) is 0 Å². The van der Waals surface area contributed by atoms with Crippen molar-refractivity contribution in [1.29, 1.82) is 0 Å². The Morgan fingerprint density at radius 3 is 2.37 bits per heavy atom. The van der Waals surface area contributed by atoms with Gasteiger partial charge in [-0.3, -0.25) is 9.69 Å². The van der Waals surface area contributed by atoms with Crippen molar-refractivity contribution in [2.75, 3.05) is 26.2 Å². The average Bonchev–Trinajstić information content (AvgIpc) is 2.78. The van der Waals surface area contributed by atoms with Crippen molar-refractivity contribution in [3.8, 4) is 5.75 Å². The van der Waals surface area contributed by atoms with Gasteiger partial charge in [-0.1, -0.05) is 24.1 Å². The minimum Gasteiger partial charge on any atom is -0.587 e. The number of benzene rings is 1. The summed E-state index contributed by atoms with van der Waals surface area (Å²) in [6.07, 6.45) is 7.79. The lowest BCUT2D eigenvalue weighted by molar-refractivity contribution is 0.0893. The molecule has 2 aromatic rings. The van der Waals surface area contributed by atoms with Gasteiger partial charge in [-0.05, 0) is 77.0 Å². The molecule has 2 fully saturated rings. The highest BCUT2D eigenvalue weighted by Crippen LogP contribution is 2.23. The molecular weight excluding hydrogens is 398 g/mol. The van der Waals surface area contributed by atoms with E-state index in [2.05, 4.69) is 9.80 Å². The van der Waals surface area contributed by atoms with Crippen LogP contribution in [0.2, 0.25) is 0 Å². The van der Waals surface area contributed by atoms with Crippen molar-refractivity contribution in [1.82, 2.24) is 13.8 Å². The van der Waals surface area contributed by atoms with E-state index < -0.39 is 16.9 Å². The molecule has 1 unspecified atom stereocenters. The van der Waals surface area contributed by atoms with Crippen molar-refractivity contribution >= 4 is 11.4 Å². The molecule has 0 saturated carbocycles. The Morgan fingerprint density at radius 2 is 1.70 bits per heavy atom. The summed E-state index contributed by atoms with van der Waals surface area (Å²) in [7, 11) is 0. The van der Waals surface area contributed by atoms with E-state index in [1.807, 2.05) is 19.1 Å². The first kappa shape index (κ1) is 21.4. The molecule has 4 rings (SSSR count). The second-order valence-electron chi connectivity index (χ2n) is 8.49. The van der Waals surface area contributed by atoms with Gasteiger partial charge in [0.1, 0.15) is 11.4 Å². The molecule has 0 aliphatic carbocycles. The first-order valence-corrected chi connectivity index (χ1v) is 12.0. The Bertz CT molecular complexity index is 901. The zero-order chi connectivity index (χ0) is 21.1. The zero-order valence-electron chi connectivity index (χ0n) is 17.6. The summed E-state index contributed by atoms with van der Waals surface area (Å²) in [6, 6.07) is 9.60. The number of rotatable bonds is 5. The van der Waals surface area contributed by atoms with E-state index in [0.717, 1.165) is 35.5 Å². The molecule has 7 heteroatoms. The Hall–Kier alpha value is -1.80. The van der Waals surface area contributed by atoms with E-state index in [0.29, 0.717) is 23.0 Å². The van der Waals surface area contributed by atoms with E-state index in [9.17, 15) is 14.5 Å². The Labute approximate surface area is 181 Å². The third-order valence-corrected chi connectivity index (χ3v) is 7.70. The molecule has 30 heavy (non-hydrogen) atoms. The fourth-order valence-electron chi connectivity index (χ4n) is 4.54. The maximum atomic E-state index is 12.8. The largest absolute Gasteiger partial charge is 0.587 e. The number of aromatic nitrogens is 1. The summed E-state index contributed by atoms with van der Waals surface area (Å²) >= 11 is -1.67. The topological polar surface area (TPSA) is 71.8 Å². The minimum atomic E-state index is -1.67. The van der Waals surface area contributed by atoms with Gasteiger partial charge < -0.3 is 14.6 Å². The van der Waals surface area contributed by atoms with Gasteiger partial charge in [0.25, 0.3) is 0 Å². The molecule has 1 atom stereocenters. The summed E-state index contributed by atoms with van der Waals surface area (Å²) < 4.78 is 13.9. The highest BCUT2D eigenvalue weighted by molar-refractivity contribution is 7.90. The van der Waals surface area contributed by atoms with E-state index >= 15 is 0 Å². The highest BCUT2D eigenvalue weighted by atomic mass is 32.2. The van der Waals surface area contributed by atoms with Gasteiger partial charge in [0.15, 0.2) is 10.6 Å². The standard InChI is InChI=1S/C23H31N3O3S/c1-18-5-7-21(8-6-18)30(29)26-16-9-19(22(27)23(26)28)17-24-14-10-20(11-15-24)25-12-3-2-4-13-25/h5-9,16,20,27H,2-4,10-15,17H2,1H3. The van der Waals surface area contributed by atoms with Gasteiger partial charge in [-0.25, -0.2) is 0 Å². The number of hydrogen-bond donors (Lipinski definition) is 1. The predicted molar refractivity (Wildman–Crippen MR) is 119 cm³/mol. The van der Waals surface area contributed by atoms with Crippen LogP contribution in [0.1, 0.15) is 43.2 Å². The van der Waals surface area contributed by atoms with Gasteiger partial charge in [0.2, 0.25) is 0 Å². The molecule has 1 aromatic heterocycles. The van der Waals surface area contributed by atoms with Crippen LogP contribution in [0, 0.1) is 6.92 Å². The van der Waals surface area contributed by atoms with Gasteiger partial charge in [-0.15, -0.1) is 3.97 Å². The predicted octanol–water partition coefficient (Wildman–Crippen LogP) is 2.88. The first-order valence-electron chi connectivity index (χ1n) is 10.9. The number of likely N-dealkylation sites (tertiary alicyclic amines) is 2. The molecule has 162 valence electrons. The van der Waals surface area contributed by atoms with Gasteiger partial charge >= 0.3 is 5.56 Å². The molecule has 0 radical (unpaired) electrons. The van der Waals surface area contributed by atoms with Crippen LogP contribution in [0.4, 0.5) is 0 Å². The van der Waals surface area contributed by atoms with Crippen LogP contribution in [0.5, 0.6) is 5.75 Å². The summed E-state index contributed by atoms with van der Waals surface area (Å²) in [5.41, 5.74) is 1.06. The first-order chi connectivity index (χ1) is 14.5. The molecule has 1 aromatic carbocycles. The minimum absolute atomic E-state index is 0.295. The second kappa shape index (κ2) is 9.56. The number of pyridine rings is 1. The molecular formula is C23H31N3O3S. The molecule has 6 nitrogen and oxygen atoms in total. The molecule has 2 aliphatic rings. The van der Waals surface area contributed by atoms with E-state index in [1.54, 1.807) is 18.2 Å². The molecule has 3 heterocycles. The number of aryl methyl sites for hydroxylation is 1. The second-order valence-corrected chi connectivity index (χ2v) is 9.85. The Kier molecular flexibility index (Phi) is 6.83. The lowest BCUT2D eigenvalue weighted by Gasteiger charge is -2.40. The average molecular weight is 430 g/mol. The van der Waals surface area contributed by atoms with Crippen molar-refractivity contribution in [3.63, 3.8) is 0 Å². The van der Waals surface area contributed by atoms with Crippen molar-refractivity contribution in [2.45, 2.75) is 56.5 Å². The SMILES string of the molecule is Cc1ccc([S+]([O-])n2ccc(CN3CCC(N4CCCCC4)CC3)c(O)c2=O)cc1. The number of hydrogen-bond acceptors (Lipinski definition) is 5. The van der Waals surface area contributed by atoms with Crippen LogP contribution in [0.15, 0.2) is 46.2 Å².